The second kappa shape index (κ2) is 6.30. The Kier molecular flexibility index (Phi) is 3.94. The standard InChI is InChI=1S/C21H24N5O3/c1-25(28)10-11-26(13-25,29-2)14-8-9-17-18(12-14)23-20(22-17)19-15-6-4-3-5-7-16(15)24-21(19)27/h3-9,12,20,22-23,28H,10-11,13H2,1-2H3/q+1/p+1. The van der Waals surface area contributed by atoms with E-state index in [9.17, 15) is 10.0 Å². The number of hydrogen-bond donors (Lipinski definition) is 4. The molecule has 4 N–H and O–H groups in total. The van der Waals surface area contributed by atoms with Gasteiger partial charge in [0, 0.05) is 23.4 Å². The summed E-state index contributed by atoms with van der Waals surface area (Å²) in [5.74, 6) is 0. The maximum absolute atomic E-state index is 12.6. The van der Waals surface area contributed by atoms with E-state index in [1.807, 2.05) is 48.5 Å². The summed E-state index contributed by atoms with van der Waals surface area (Å²) in [4.78, 5) is 21.4. The molecule has 3 atom stereocenters. The molecule has 1 aromatic carbocycles. The van der Waals surface area contributed by atoms with Crippen LogP contribution in [0.3, 0.4) is 0 Å². The maximum Gasteiger partial charge on any atom is 0.271 e. The average Bonchev–Trinajstić information content (AvgIpc) is 3.29. The Morgan fingerprint density at radius 3 is 2.62 bits per heavy atom. The molecule has 29 heavy (non-hydrogen) atoms. The molecule has 0 saturated carbocycles. The van der Waals surface area contributed by atoms with Crippen molar-refractivity contribution in [2.75, 3.05) is 44.5 Å². The minimum absolute atomic E-state index is 0.0782. The van der Waals surface area contributed by atoms with Crippen LogP contribution in [0.5, 0.6) is 0 Å². The van der Waals surface area contributed by atoms with Crippen LogP contribution in [0, 0.1) is 0 Å². The molecule has 5 rings (SSSR count). The molecule has 3 aliphatic heterocycles. The number of aromatic nitrogens is 1. The predicted molar refractivity (Wildman–Crippen MR) is 111 cm³/mol. The fourth-order valence-corrected chi connectivity index (χ4v) is 4.49. The van der Waals surface area contributed by atoms with Crippen LogP contribution in [0.2, 0.25) is 0 Å². The SMILES string of the molecule is CO[N+]1(c2ccc3c(c2)NC(c2c4cccccc-4[nH]c2=O)N3)CC[N+](C)(O)C1. The van der Waals surface area contributed by atoms with Crippen molar-refractivity contribution in [3.8, 4) is 11.3 Å². The van der Waals surface area contributed by atoms with Crippen molar-refractivity contribution in [1.29, 1.82) is 0 Å². The first-order valence-corrected chi connectivity index (χ1v) is 9.70. The largest absolute Gasteiger partial charge is 0.360 e. The van der Waals surface area contributed by atoms with E-state index in [2.05, 4.69) is 15.6 Å². The average molecular weight is 395 g/mol. The molecule has 0 amide bonds. The summed E-state index contributed by atoms with van der Waals surface area (Å²) in [5, 5.41) is 17.3. The Balaban J connectivity index is 1.49. The number of hydrogen-bond acceptors (Lipinski definition) is 5. The zero-order valence-electron chi connectivity index (χ0n) is 16.5. The Morgan fingerprint density at radius 1 is 1.07 bits per heavy atom. The van der Waals surface area contributed by atoms with Crippen LogP contribution < -0.4 is 20.8 Å². The monoisotopic (exact) mass is 395 g/mol. The van der Waals surface area contributed by atoms with Gasteiger partial charge in [0.15, 0.2) is 18.8 Å². The number of H-pyrrole nitrogens is 1. The molecule has 0 radical (unpaired) electrons. The number of hydroxylamine groups is 5. The maximum atomic E-state index is 12.6. The zero-order chi connectivity index (χ0) is 20.2. The van der Waals surface area contributed by atoms with Gasteiger partial charge in [0.25, 0.3) is 12.2 Å². The molecule has 3 heterocycles. The van der Waals surface area contributed by atoms with Crippen molar-refractivity contribution in [2.45, 2.75) is 6.17 Å². The molecular weight excluding hydrogens is 370 g/mol. The van der Waals surface area contributed by atoms with Crippen LogP contribution in [0.4, 0.5) is 17.1 Å². The van der Waals surface area contributed by atoms with Crippen LogP contribution in [-0.4, -0.2) is 48.8 Å². The molecule has 1 saturated heterocycles. The number of aromatic amines is 1. The summed E-state index contributed by atoms with van der Waals surface area (Å²) in [6, 6.07) is 15.7. The summed E-state index contributed by atoms with van der Waals surface area (Å²) in [6.07, 6.45) is -0.322. The third kappa shape index (κ3) is 2.89. The van der Waals surface area contributed by atoms with E-state index < -0.39 is 0 Å². The zero-order valence-corrected chi connectivity index (χ0v) is 16.5. The van der Waals surface area contributed by atoms with Gasteiger partial charge < -0.3 is 15.6 Å². The molecule has 150 valence electrons. The number of benzene rings is 1. The normalized spacial score (nSPS) is 28.2. The minimum atomic E-state index is -0.322. The lowest BCUT2D eigenvalue weighted by Crippen LogP contribution is -2.50. The van der Waals surface area contributed by atoms with E-state index in [0.717, 1.165) is 28.3 Å². The van der Waals surface area contributed by atoms with Gasteiger partial charge in [-0.25, -0.2) is 5.21 Å². The second-order valence-electron chi connectivity index (χ2n) is 8.06. The van der Waals surface area contributed by atoms with Crippen LogP contribution >= 0.6 is 0 Å². The first-order chi connectivity index (χ1) is 13.9. The number of quaternary nitrogens is 2. The highest BCUT2D eigenvalue weighted by Crippen LogP contribution is 2.41. The molecule has 3 unspecified atom stereocenters. The number of rotatable bonds is 3. The topological polar surface area (TPSA) is 86.4 Å². The van der Waals surface area contributed by atoms with E-state index in [0.29, 0.717) is 25.3 Å². The third-order valence-electron chi connectivity index (χ3n) is 6.01. The summed E-state index contributed by atoms with van der Waals surface area (Å²) in [7, 11) is 3.46. The third-order valence-corrected chi connectivity index (χ3v) is 6.01. The van der Waals surface area contributed by atoms with E-state index in [1.165, 1.54) is 0 Å². The molecule has 1 aromatic rings. The number of likely N-dealkylation sites (N-methyl/N-ethyl adjacent to an activating group) is 1. The van der Waals surface area contributed by atoms with Gasteiger partial charge in [-0.2, -0.15) is 4.84 Å². The summed E-state index contributed by atoms with van der Waals surface area (Å²) >= 11 is 0. The molecule has 0 bridgehead atoms. The quantitative estimate of drug-likeness (QED) is 0.513. The van der Waals surface area contributed by atoms with Crippen molar-refractivity contribution in [1.82, 2.24) is 9.63 Å². The number of nitrogens with one attached hydrogen (secondary N) is 3. The van der Waals surface area contributed by atoms with Gasteiger partial charge in [-0.3, -0.25) is 4.79 Å². The Labute approximate surface area is 168 Å². The van der Waals surface area contributed by atoms with E-state index >= 15 is 0 Å². The van der Waals surface area contributed by atoms with E-state index in [1.54, 1.807) is 14.2 Å². The van der Waals surface area contributed by atoms with Crippen molar-refractivity contribution < 1.29 is 14.7 Å². The fraction of sp³-hybridized carbons (Fsp3) is 0.286. The first-order valence-electron chi connectivity index (χ1n) is 9.70. The highest BCUT2D eigenvalue weighted by atomic mass is 16.7. The van der Waals surface area contributed by atoms with Crippen molar-refractivity contribution in [3.63, 3.8) is 0 Å². The lowest BCUT2D eigenvalue weighted by atomic mass is 10.1. The molecule has 0 spiro atoms. The summed E-state index contributed by atoms with van der Waals surface area (Å²) < 4.78 is 0.174. The van der Waals surface area contributed by atoms with Crippen LogP contribution in [-0.2, 0) is 4.84 Å². The molecule has 1 aliphatic carbocycles. The minimum Gasteiger partial charge on any atom is -0.360 e. The highest BCUT2D eigenvalue weighted by Gasteiger charge is 2.50. The molecule has 4 aliphatic rings. The van der Waals surface area contributed by atoms with Crippen LogP contribution in [0.15, 0.2) is 53.3 Å². The molecule has 1 fully saturated rings. The lowest BCUT2D eigenvalue weighted by molar-refractivity contribution is -1.08. The second-order valence-corrected chi connectivity index (χ2v) is 8.06. The Hall–Kier alpha value is -2.91. The number of fused-ring (bicyclic) bond motifs is 2. The lowest BCUT2D eigenvalue weighted by Gasteiger charge is -2.27. The smallest absolute Gasteiger partial charge is 0.271 e. The van der Waals surface area contributed by atoms with Gasteiger partial charge in [-0.1, -0.05) is 28.9 Å². The van der Waals surface area contributed by atoms with Gasteiger partial charge in [0.2, 0.25) is 0 Å². The van der Waals surface area contributed by atoms with Crippen LogP contribution in [0.1, 0.15) is 11.7 Å². The Bertz CT molecular complexity index is 1110. The summed E-state index contributed by atoms with van der Waals surface area (Å²) in [5.41, 5.74) is 5.09. The van der Waals surface area contributed by atoms with Crippen molar-refractivity contribution in [3.05, 3.63) is 64.4 Å². The van der Waals surface area contributed by atoms with Crippen LogP contribution in [0.25, 0.3) is 11.3 Å². The molecular formula is C21H25N5O3+2. The Morgan fingerprint density at radius 2 is 1.86 bits per heavy atom. The highest BCUT2D eigenvalue weighted by molar-refractivity contribution is 5.80. The van der Waals surface area contributed by atoms with Gasteiger partial charge in [0.1, 0.15) is 13.2 Å². The van der Waals surface area contributed by atoms with E-state index in [-0.39, 0.29) is 21.0 Å². The molecule has 0 aromatic heterocycles. The van der Waals surface area contributed by atoms with E-state index in [4.69, 9.17) is 4.84 Å². The van der Waals surface area contributed by atoms with Gasteiger partial charge >= 0.3 is 0 Å². The first kappa shape index (κ1) is 18.1. The number of anilines is 2. The fourth-order valence-electron chi connectivity index (χ4n) is 4.49. The molecule has 8 nitrogen and oxygen atoms in total. The van der Waals surface area contributed by atoms with Crippen molar-refractivity contribution in [2.24, 2.45) is 0 Å². The van der Waals surface area contributed by atoms with Gasteiger partial charge in [0.05, 0.1) is 24.0 Å². The number of nitrogens with zero attached hydrogens (tertiary/aromatic N) is 2. The predicted octanol–water partition coefficient (Wildman–Crippen LogP) is 2.69. The summed E-state index contributed by atoms with van der Waals surface area (Å²) in [6.45, 7) is 1.74. The van der Waals surface area contributed by atoms with Gasteiger partial charge in [-0.15, -0.1) is 4.65 Å². The van der Waals surface area contributed by atoms with Gasteiger partial charge in [-0.05, 0) is 12.1 Å². The van der Waals surface area contributed by atoms with Crippen molar-refractivity contribution >= 4 is 17.1 Å². The molecule has 8 heteroatoms.